The molecule has 0 aliphatic rings. The molecule has 4 N–H and O–H groups in total. The first-order chi connectivity index (χ1) is 7.68. The molecule has 0 amide bonds. The molecule has 0 spiro atoms. The van der Waals surface area contributed by atoms with E-state index in [0.717, 1.165) is 25.9 Å². The van der Waals surface area contributed by atoms with E-state index in [-0.39, 0.29) is 0 Å². The molecule has 0 saturated heterocycles. The van der Waals surface area contributed by atoms with Crippen LogP contribution in [0.15, 0.2) is 0 Å². The highest BCUT2D eigenvalue weighted by molar-refractivity contribution is 5.72. The van der Waals surface area contributed by atoms with E-state index in [9.17, 15) is 4.79 Å². The van der Waals surface area contributed by atoms with Gasteiger partial charge in [0.25, 0.3) is 0 Å². The van der Waals surface area contributed by atoms with Crippen LogP contribution in [0.25, 0.3) is 0 Å². The van der Waals surface area contributed by atoms with Crippen molar-refractivity contribution >= 4 is 5.97 Å². The first kappa shape index (κ1) is 15.4. The normalized spacial score (nSPS) is 12.6. The van der Waals surface area contributed by atoms with Crippen molar-refractivity contribution in [2.75, 3.05) is 13.1 Å². The first-order valence-corrected chi connectivity index (χ1v) is 6.37. The van der Waals surface area contributed by atoms with Gasteiger partial charge >= 0.3 is 5.97 Å². The molecular weight excluding hydrogens is 204 g/mol. The van der Waals surface area contributed by atoms with E-state index in [2.05, 4.69) is 12.2 Å². The number of carboxylic acids is 1. The zero-order valence-corrected chi connectivity index (χ0v) is 10.4. The van der Waals surface area contributed by atoms with Crippen molar-refractivity contribution in [1.82, 2.24) is 5.32 Å². The van der Waals surface area contributed by atoms with E-state index in [0.29, 0.717) is 6.42 Å². The van der Waals surface area contributed by atoms with Crippen molar-refractivity contribution in [3.63, 3.8) is 0 Å². The summed E-state index contributed by atoms with van der Waals surface area (Å²) >= 11 is 0. The van der Waals surface area contributed by atoms with E-state index in [1.54, 1.807) is 0 Å². The summed E-state index contributed by atoms with van der Waals surface area (Å²) in [7, 11) is 0. The molecule has 0 heterocycles. The number of nitrogens with one attached hydrogen (secondary N) is 1. The highest BCUT2D eigenvalue weighted by Gasteiger charge is 2.09. The molecule has 0 aromatic carbocycles. The highest BCUT2D eigenvalue weighted by atomic mass is 16.4. The summed E-state index contributed by atoms with van der Waals surface area (Å²) in [5.74, 6) is -0.896. The summed E-state index contributed by atoms with van der Waals surface area (Å²) < 4.78 is 0. The molecule has 0 radical (unpaired) electrons. The predicted octanol–water partition coefficient (Wildman–Crippen LogP) is 1.74. The van der Waals surface area contributed by atoms with Crippen LogP contribution in [-0.4, -0.2) is 30.2 Å². The summed E-state index contributed by atoms with van der Waals surface area (Å²) in [6.07, 6.45) is 7.59. The van der Waals surface area contributed by atoms with Gasteiger partial charge in [0, 0.05) is 0 Å². The van der Waals surface area contributed by atoms with E-state index < -0.39 is 12.0 Å². The fraction of sp³-hybridized carbons (Fsp3) is 0.917. The van der Waals surface area contributed by atoms with Gasteiger partial charge in [-0.25, -0.2) is 0 Å². The zero-order valence-electron chi connectivity index (χ0n) is 10.4. The molecule has 0 bridgehead atoms. The summed E-state index contributed by atoms with van der Waals surface area (Å²) in [5.41, 5.74) is 5.39. The smallest absolute Gasteiger partial charge is 0.320 e. The van der Waals surface area contributed by atoms with Crippen molar-refractivity contribution in [2.24, 2.45) is 5.73 Å². The number of hydrogen-bond acceptors (Lipinski definition) is 3. The van der Waals surface area contributed by atoms with Gasteiger partial charge in [0.1, 0.15) is 6.04 Å². The van der Waals surface area contributed by atoms with Crippen LogP contribution in [0.5, 0.6) is 0 Å². The van der Waals surface area contributed by atoms with Gasteiger partial charge in [0.15, 0.2) is 0 Å². The Morgan fingerprint density at radius 3 is 2.38 bits per heavy atom. The third-order valence-corrected chi connectivity index (χ3v) is 2.64. The second-order valence-corrected chi connectivity index (χ2v) is 4.25. The second-order valence-electron chi connectivity index (χ2n) is 4.25. The Labute approximate surface area is 98.6 Å². The second kappa shape index (κ2) is 10.9. The van der Waals surface area contributed by atoms with Gasteiger partial charge in [-0.3, -0.25) is 4.79 Å². The van der Waals surface area contributed by atoms with Crippen molar-refractivity contribution in [3.8, 4) is 0 Å². The van der Waals surface area contributed by atoms with Crippen LogP contribution in [0.4, 0.5) is 0 Å². The van der Waals surface area contributed by atoms with Crippen molar-refractivity contribution < 1.29 is 9.90 Å². The largest absolute Gasteiger partial charge is 0.480 e. The Balaban J connectivity index is 3.07. The third-order valence-electron chi connectivity index (χ3n) is 2.64. The van der Waals surface area contributed by atoms with Gasteiger partial charge in [-0.15, -0.1) is 0 Å². The molecule has 4 heteroatoms. The van der Waals surface area contributed by atoms with Gasteiger partial charge in [0.05, 0.1) is 0 Å². The molecule has 0 saturated carbocycles. The number of unbranched alkanes of at least 4 members (excludes halogenated alkanes) is 4. The standard InChI is InChI=1S/C12H26N2O2/c1-2-3-4-6-9-14-10-7-5-8-11(13)12(15)16/h11,14H,2-10,13H2,1H3,(H,15,16)/t11-/m0/s1. The van der Waals surface area contributed by atoms with E-state index in [1.807, 2.05) is 0 Å². The minimum atomic E-state index is -0.896. The van der Waals surface area contributed by atoms with Crippen LogP contribution in [0, 0.1) is 0 Å². The molecule has 16 heavy (non-hydrogen) atoms. The minimum Gasteiger partial charge on any atom is -0.480 e. The summed E-state index contributed by atoms with van der Waals surface area (Å²) in [6.45, 7) is 4.25. The fourth-order valence-corrected chi connectivity index (χ4v) is 1.54. The molecule has 4 nitrogen and oxygen atoms in total. The van der Waals surface area contributed by atoms with Gasteiger partial charge in [0.2, 0.25) is 0 Å². The summed E-state index contributed by atoms with van der Waals surface area (Å²) in [6, 6.07) is -0.690. The van der Waals surface area contributed by atoms with Gasteiger partial charge in [-0.2, -0.15) is 0 Å². The minimum absolute atomic E-state index is 0.576. The first-order valence-electron chi connectivity index (χ1n) is 6.37. The molecule has 96 valence electrons. The molecule has 0 aliphatic carbocycles. The fourth-order valence-electron chi connectivity index (χ4n) is 1.54. The van der Waals surface area contributed by atoms with Crippen LogP contribution >= 0.6 is 0 Å². The average Bonchev–Trinajstić information content (AvgIpc) is 2.26. The lowest BCUT2D eigenvalue weighted by atomic mass is 10.1. The van der Waals surface area contributed by atoms with Crippen molar-refractivity contribution in [1.29, 1.82) is 0 Å². The molecule has 0 fully saturated rings. The van der Waals surface area contributed by atoms with Gasteiger partial charge in [-0.1, -0.05) is 32.6 Å². The Bertz CT molecular complexity index is 174. The number of aliphatic carboxylic acids is 1. The third kappa shape index (κ3) is 9.93. The predicted molar refractivity (Wildman–Crippen MR) is 66.5 cm³/mol. The maximum Gasteiger partial charge on any atom is 0.320 e. The van der Waals surface area contributed by atoms with Crippen molar-refractivity contribution in [3.05, 3.63) is 0 Å². The quantitative estimate of drug-likeness (QED) is 0.473. The summed E-state index contributed by atoms with van der Waals surface area (Å²) in [4.78, 5) is 10.4. The topological polar surface area (TPSA) is 75.3 Å². The Hall–Kier alpha value is -0.610. The average molecular weight is 230 g/mol. The maximum atomic E-state index is 10.4. The Morgan fingerprint density at radius 1 is 1.19 bits per heavy atom. The van der Waals surface area contributed by atoms with Crippen LogP contribution < -0.4 is 11.1 Å². The van der Waals surface area contributed by atoms with E-state index in [1.165, 1.54) is 25.7 Å². The summed E-state index contributed by atoms with van der Waals surface area (Å²) in [5, 5.41) is 11.9. The Morgan fingerprint density at radius 2 is 1.81 bits per heavy atom. The van der Waals surface area contributed by atoms with Crippen LogP contribution in [-0.2, 0) is 4.79 Å². The molecule has 0 unspecified atom stereocenters. The van der Waals surface area contributed by atoms with Crippen LogP contribution in [0.1, 0.15) is 51.9 Å². The molecule has 1 atom stereocenters. The number of nitrogens with two attached hydrogens (primary N) is 1. The monoisotopic (exact) mass is 230 g/mol. The number of carbonyl (C=O) groups is 1. The highest BCUT2D eigenvalue weighted by Crippen LogP contribution is 1.99. The van der Waals surface area contributed by atoms with Gasteiger partial charge < -0.3 is 16.2 Å². The lowest BCUT2D eigenvalue weighted by Crippen LogP contribution is -2.30. The number of rotatable bonds is 11. The maximum absolute atomic E-state index is 10.4. The molecular formula is C12H26N2O2. The molecule has 0 aromatic rings. The van der Waals surface area contributed by atoms with Gasteiger partial charge in [-0.05, 0) is 32.4 Å². The lowest BCUT2D eigenvalue weighted by Gasteiger charge is -2.06. The van der Waals surface area contributed by atoms with Crippen LogP contribution in [0.3, 0.4) is 0 Å². The van der Waals surface area contributed by atoms with E-state index in [4.69, 9.17) is 10.8 Å². The lowest BCUT2D eigenvalue weighted by molar-refractivity contribution is -0.138. The molecule has 0 aliphatic heterocycles. The number of hydrogen-bond donors (Lipinski definition) is 3. The Kier molecular flexibility index (Phi) is 10.5. The zero-order chi connectivity index (χ0) is 12.2. The SMILES string of the molecule is CCCCCCNCCCC[C@H](N)C(=O)O. The van der Waals surface area contributed by atoms with Crippen LogP contribution in [0.2, 0.25) is 0 Å². The number of carboxylic acid groups (broad SMARTS) is 1. The molecule has 0 aromatic heterocycles. The van der Waals surface area contributed by atoms with E-state index >= 15 is 0 Å². The van der Waals surface area contributed by atoms with Crippen molar-refractivity contribution in [2.45, 2.75) is 57.9 Å². The molecule has 0 rings (SSSR count).